The van der Waals surface area contributed by atoms with Crippen molar-refractivity contribution in [2.24, 2.45) is 0 Å². The molecule has 4 aromatic rings. The molecule has 0 aliphatic carbocycles. The van der Waals surface area contributed by atoms with Crippen LogP contribution in [0.1, 0.15) is 17.4 Å². The topological polar surface area (TPSA) is 90.0 Å². The molecule has 0 aliphatic rings. The molecule has 4 aromatic heterocycles. The average Bonchev–Trinajstić information content (AvgIpc) is 3.25. The van der Waals surface area contributed by atoms with Crippen molar-refractivity contribution in [3.05, 3.63) is 59.2 Å². The number of nitrogens with one attached hydrogen (secondary N) is 1. The van der Waals surface area contributed by atoms with Crippen LogP contribution in [0.5, 0.6) is 0 Å². The van der Waals surface area contributed by atoms with Gasteiger partial charge in [-0.15, -0.1) is 0 Å². The van der Waals surface area contributed by atoms with Gasteiger partial charge in [0.05, 0.1) is 10.2 Å². The van der Waals surface area contributed by atoms with Crippen LogP contribution in [0.4, 0.5) is 5.69 Å². The Morgan fingerprint density at radius 3 is 2.73 bits per heavy atom. The molecule has 8 nitrogen and oxygen atoms in total. The molecule has 0 bridgehead atoms. The van der Waals surface area contributed by atoms with Gasteiger partial charge in [-0.3, -0.25) is 14.5 Å². The quantitative estimate of drug-likeness (QED) is 0.557. The highest BCUT2D eigenvalue weighted by molar-refractivity contribution is 9.10. The fourth-order valence-electron chi connectivity index (χ4n) is 2.55. The van der Waals surface area contributed by atoms with Crippen LogP contribution in [-0.4, -0.2) is 35.3 Å². The highest BCUT2D eigenvalue weighted by Gasteiger charge is 2.17. The SMILES string of the molecule is CCn1cc(Br)c(-c2ccnc3cc(C(=O)Nc4ccncc4)nn23)n1. The van der Waals surface area contributed by atoms with Gasteiger partial charge in [0.25, 0.3) is 5.91 Å². The zero-order chi connectivity index (χ0) is 18.1. The van der Waals surface area contributed by atoms with Gasteiger partial charge in [-0.25, -0.2) is 9.50 Å². The van der Waals surface area contributed by atoms with Crippen LogP contribution in [0.3, 0.4) is 0 Å². The molecule has 0 spiro atoms. The summed E-state index contributed by atoms with van der Waals surface area (Å²) < 4.78 is 4.30. The van der Waals surface area contributed by atoms with Crippen molar-refractivity contribution in [1.29, 1.82) is 0 Å². The fraction of sp³-hybridized carbons (Fsp3) is 0.118. The first-order valence-electron chi connectivity index (χ1n) is 7.95. The summed E-state index contributed by atoms with van der Waals surface area (Å²) in [7, 11) is 0. The molecule has 0 aliphatic heterocycles. The Morgan fingerprint density at radius 1 is 1.19 bits per heavy atom. The molecule has 4 rings (SSSR count). The van der Waals surface area contributed by atoms with E-state index in [1.807, 2.05) is 23.9 Å². The number of fused-ring (bicyclic) bond motifs is 1. The molecule has 0 radical (unpaired) electrons. The van der Waals surface area contributed by atoms with Crippen LogP contribution >= 0.6 is 15.9 Å². The summed E-state index contributed by atoms with van der Waals surface area (Å²) in [6, 6.07) is 6.89. The van der Waals surface area contributed by atoms with Crippen molar-refractivity contribution in [3.63, 3.8) is 0 Å². The second-order valence-electron chi connectivity index (χ2n) is 5.50. The Labute approximate surface area is 157 Å². The van der Waals surface area contributed by atoms with Crippen LogP contribution in [0, 0.1) is 0 Å². The Morgan fingerprint density at radius 2 is 2.00 bits per heavy atom. The average molecular weight is 412 g/mol. The van der Waals surface area contributed by atoms with Crippen LogP contribution in [0.25, 0.3) is 17.0 Å². The lowest BCUT2D eigenvalue weighted by molar-refractivity contribution is 0.102. The number of halogens is 1. The van der Waals surface area contributed by atoms with Crippen molar-refractivity contribution in [3.8, 4) is 11.4 Å². The number of carbonyl (C=O) groups excluding carboxylic acids is 1. The monoisotopic (exact) mass is 411 g/mol. The summed E-state index contributed by atoms with van der Waals surface area (Å²) in [5.74, 6) is -0.314. The molecule has 1 amide bonds. The molecule has 0 unspecified atom stereocenters. The van der Waals surface area contributed by atoms with Gasteiger partial charge in [-0.05, 0) is 41.1 Å². The van der Waals surface area contributed by atoms with Crippen LogP contribution < -0.4 is 5.32 Å². The highest BCUT2D eigenvalue weighted by Crippen LogP contribution is 2.27. The minimum atomic E-state index is -0.314. The summed E-state index contributed by atoms with van der Waals surface area (Å²) in [6.45, 7) is 2.77. The smallest absolute Gasteiger partial charge is 0.276 e. The number of rotatable bonds is 4. The van der Waals surface area contributed by atoms with Gasteiger partial charge in [0.1, 0.15) is 5.69 Å². The number of aryl methyl sites for hydroxylation is 1. The molecular formula is C17H14BrN7O. The van der Waals surface area contributed by atoms with Gasteiger partial charge in [0.2, 0.25) is 0 Å². The molecule has 0 fully saturated rings. The number of hydrogen-bond donors (Lipinski definition) is 1. The summed E-state index contributed by atoms with van der Waals surface area (Å²) in [5.41, 5.74) is 2.98. The number of pyridine rings is 1. The first-order valence-corrected chi connectivity index (χ1v) is 8.74. The summed E-state index contributed by atoms with van der Waals surface area (Å²) in [6.07, 6.45) is 6.80. The maximum Gasteiger partial charge on any atom is 0.276 e. The van der Waals surface area contributed by atoms with E-state index < -0.39 is 0 Å². The van der Waals surface area contributed by atoms with Crippen molar-refractivity contribution in [2.75, 3.05) is 5.32 Å². The third-order valence-corrected chi connectivity index (χ3v) is 4.39. The number of aromatic nitrogens is 6. The summed E-state index contributed by atoms with van der Waals surface area (Å²) >= 11 is 3.53. The number of hydrogen-bond acceptors (Lipinski definition) is 5. The van der Waals surface area contributed by atoms with Crippen LogP contribution in [0.15, 0.2) is 53.5 Å². The molecule has 1 N–H and O–H groups in total. The predicted octanol–water partition coefficient (Wildman–Crippen LogP) is 3.02. The van der Waals surface area contributed by atoms with Crippen molar-refractivity contribution < 1.29 is 4.79 Å². The third kappa shape index (κ3) is 2.97. The molecule has 26 heavy (non-hydrogen) atoms. The van der Waals surface area contributed by atoms with Gasteiger partial charge in [0, 0.05) is 43.1 Å². The van der Waals surface area contributed by atoms with Crippen LogP contribution in [-0.2, 0) is 6.54 Å². The second-order valence-corrected chi connectivity index (χ2v) is 6.36. The van der Waals surface area contributed by atoms with Gasteiger partial charge in [-0.1, -0.05) is 0 Å². The van der Waals surface area contributed by atoms with E-state index in [9.17, 15) is 4.79 Å². The zero-order valence-electron chi connectivity index (χ0n) is 13.8. The van der Waals surface area contributed by atoms with E-state index in [2.05, 4.69) is 41.4 Å². The lowest BCUT2D eigenvalue weighted by atomic mass is 10.3. The molecule has 0 atom stereocenters. The molecule has 0 saturated heterocycles. The highest BCUT2D eigenvalue weighted by atomic mass is 79.9. The van der Waals surface area contributed by atoms with E-state index in [-0.39, 0.29) is 11.6 Å². The molecule has 4 heterocycles. The van der Waals surface area contributed by atoms with E-state index in [1.165, 1.54) is 0 Å². The molecule has 130 valence electrons. The van der Waals surface area contributed by atoms with E-state index in [0.29, 0.717) is 11.3 Å². The number of carbonyl (C=O) groups is 1. The molecule has 9 heteroatoms. The van der Waals surface area contributed by atoms with Crippen molar-refractivity contribution >= 4 is 33.2 Å². The lowest BCUT2D eigenvalue weighted by Crippen LogP contribution is -2.12. The maximum atomic E-state index is 12.5. The largest absolute Gasteiger partial charge is 0.320 e. The standard InChI is InChI=1S/C17H14BrN7O/c1-2-24-10-12(18)16(23-24)14-5-8-20-15-9-13(22-25(14)15)17(26)21-11-3-6-19-7-4-11/h3-10H,2H2,1H3,(H,19,21,26). The molecule has 0 saturated carbocycles. The first-order chi connectivity index (χ1) is 12.7. The minimum Gasteiger partial charge on any atom is -0.320 e. The second kappa shape index (κ2) is 6.68. The Bertz CT molecular complexity index is 1090. The molecule has 0 aromatic carbocycles. The van der Waals surface area contributed by atoms with E-state index >= 15 is 0 Å². The first kappa shape index (κ1) is 16.4. The van der Waals surface area contributed by atoms with Gasteiger partial charge < -0.3 is 5.32 Å². The van der Waals surface area contributed by atoms with E-state index in [0.717, 1.165) is 22.4 Å². The Balaban J connectivity index is 1.73. The maximum absolute atomic E-state index is 12.5. The van der Waals surface area contributed by atoms with Crippen molar-refractivity contribution in [1.82, 2.24) is 29.4 Å². The number of nitrogens with zero attached hydrogens (tertiary/aromatic N) is 6. The zero-order valence-corrected chi connectivity index (χ0v) is 15.4. The summed E-state index contributed by atoms with van der Waals surface area (Å²) in [4.78, 5) is 20.7. The van der Waals surface area contributed by atoms with Gasteiger partial charge in [0.15, 0.2) is 11.3 Å². The lowest BCUT2D eigenvalue weighted by Gasteiger charge is -2.02. The normalized spacial score (nSPS) is 11.0. The predicted molar refractivity (Wildman–Crippen MR) is 99.8 cm³/mol. The van der Waals surface area contributed by atoms with Crippen LogP contribution in [0.2, 0.25) is 0 Å². The van der Waals surface area contributed by atoms with E-state index in [4.69, 9.17) is 0 Å². The minimum absolute atomic E-state index is 0.271. The Hall–Kier alpha value is -3.07. The summed E-state index contributed by atoms with van der Waals surface area (Å²) in [5, 5.41) is 11.8. The van der Waals surface area contributed by atoms with Crippen molar-refractivity contribution in [2.45, 2.75) is 13.5 Å². The molecular weight excluding hydrogens is 398 g/mol. The van der Waals surface area contributed by atoms with Gasteiger partial charge in [-0.2, -0.15) is 10.2 Å². The Kier molecular flexibility index (Phi) is 4.21. The fourth-order valence-corrected chi connectivity index (χ4v) is 3.07. The van der Waals surface area contributed by atoms with E-state index in [1.54, 1.807) is 41.3 Å². The van der Waals surface area contributed by atoms with Gasteiger partial charge >= 0.3 is 0 Å². The number of anilines is 1. The number of amides is 1. The third-order valence-electron chi connectivity index (χ3n) is 3.81.